The first kappa shape index (κ1) is 25.3. The molecule has 0 saturated carbocycles. The standard InChI is InChI=1S/C29H27FN6O5/c1-28(2,3)21-26-35-20(25-33-18(11-39-25)23(32)37)22(41-26)29-14-10-13(30)5-6-17(14)34-27(29)40-19-7-4-12(8-15(19)29)9-16(31)24(38)36-21/h4-8,10-11,16,21,27,34H,9,31H2,1-3H3,(H2,32,37)(H,36,38)/t16-,21+,27+,29-/m0/s1. The average molecular weight is 559 g/mol. The van der Waals surface area contributed by atoms with Gasteiger partial charge in [0.2, 0.25) is 17.7 Å². The summed E-state index contributed by atoms with van der Waals surface area (Å²) in [6.45, 7) is 5.78. The third-order valence-corrected chi connectivity index (χ3v) is 7.95. The summed E-state index contributed by atoms with van der Waals surface area (Å²) >= 11 is 0. The molecule has 7 rings (SSSR count). The largest absolute Gasteiger partial charge is 0.469 e. The van der Waals surface area contributed by atoms with Gasteiger partial charge in [-0.3, -0.25) is 9.59 Å². The number of primary amides is 1. The molecular weight excluding hydrogens is 531 g/mol. The van der Waals surface area contributed by atoms with Crippen molar-refractivity contribution in [2.75, 3.05) is 5.32 Å². The Kier molecular flexibility index (Phi) is 5.18. The average Bonchev–Trinajstić information content (AvgIpc) is 3.67. The highest BCUT2D eigenvalue weighted by atomic mass is 19.1. The quantitative estimate of drug-likeness (QED) is 0.288. The van der Waals surface area contributed by atoms with Crippen LogP contribution in [0.3, 0.4) is 0 Å². The molecule has 1 spiro atoms. The van der Waals surface area contributed by atoms with E-state index in [2.05, 4.69) is 15.6 Å². The molecule has 3 aliphatic rings. The van der Waals surface area contributed by atoms with Crippen LogP contribution in [0.15, 0.2) is 51.5 Å². The molecule has 2 aromatic heterocycles. The lowest BCUT2D eigenvalue weighted by molar-refractivity contribution is -0.124. The van der Waals surface area contributed by atoms with E-state index in [9.17, 15) is 14.0 Å². The Balaban J connectivity index is 1.60. The van der Waals surface area contributed by atoms with E-state index < -0.39 is 40.9 Å². The third kappa shape index (κ3) is 3.60. The number of nitrogens with zero attached hydrogens (tertiary/aromatic N) is 2. The molecule has 0 radical (unpaired) electrons. The highest BCUT2D eigenvalue weighted by Crippen LogP contribution is 2.59. The van der Waals surface area contributed by atoms with Gasteiger partial charge < -0.3 is 35.7 Å². The third-order valence-electron chi connectivity index (χ3n) is 7.95. The van der Waals surface area contributed by atoms with Gasteiger partial charge in [-0.1, -0.05) is 32.9 Å². The van der Waals surface area contributed by atoms with Gasteiger partial charge in [-0.05, 0) is 41.7 Å². The Bertz CT molecular complexity index is 1760. The van der Waals surface area contributed by atoms with Crippen LogP contribution in [0.2, 0.25) is 0 Å². The number of hydrogen-bond donors (Lipinski definition) is 4. The number of rotatable bonds is 2. The fraction of sp³-hybridized carbons (Fsp3) is 0.310. The number of ether oxygens (including phenoxy) is 1. The molecule has 41 heavy (non-hydrogen) atoms. The molecule has 0 aliphatic carbocycles. The van der Waals surface area contributed by atoms with Crippen molar-refractivity contribution >= 4 is 17.5 Å². The lowest BCUT2D eigenvalue weighted by Crippen LogP contribution is -2.46. The molecule has 4 bridgehead atoms. The zero-order chi connectivity index (χ0) is 28.8. The van der Waals surface area contributed by atoms with Gasteiger partial charge in [-0.2, -0.15) is 0 Å². The monoisotopic (exact) mass is 558 g/mol. The van der Waals surface area contributed by atoms with E-state index >= 15 is 0 Å². The number of halogens is 1. The first-order chi connectivity index (χ1) is 19.5. The van der Waals surface area contributed by atoms with Gasteiger partial charge in [-0.25, -0.2) is 14.4 Å². The Morgan fingerprint density at radius 2 is 1.93 bits per heavy atom. The van der Waals surface area contributed by atoms with Crippen LogP contribution in [0, 0.1) is 11.2 Å². The number of carbonyl (C=O) groups is 2. The minimum Gasteiger partial charge on any atom is -0.469 e. The Morgan fingerprint density at radius 3 is 2.66 bits per heavy atom. The molecule has 11 nitrogen and oxygen atoms in total. The van der Waals surface area contributed by atoms with Crippen LogP contribution in [0.5, 0.6) is 5.75 Å². The summed E-state index contributed by atoms with van der Waals surface area (Å²) in [6, 6.07) is 8.38. The lowest BCUT2D eigenvalue weighted by atomic mass is 9.72. The van der Waals surface area contributed by atoms with Crippen molar-refractivity contribution in [2.45, 2.75) is 50.9 Å². The Morgan fingerprint density at radius 1 is 1.12 bits per heavy atom. The van der Waals surface area contributed by atoms with Crippen molar-refractivity contribution in [3.05, 3.63) is 82.5 Å². The maximum atomic E-state index is 14.9. The van der Waals surface area contributed by atoms with E-state index in [0.29, 0.717) is 22.6 Å². The molecule has 12 heteroatoms. The maximum absolute atomic E-state index is 14.9. The number of anilines is 1. The van der Waals surface area contributed by atoms with Gasteiger partial charge in [0.25, 0.3) is 5.91 Å². The smallest absolute Gasteiger partial charge is 0.270 e. The molecule has 4 atom stereocenters. The molecule has 210 valence electrons. The zero-order valence-corrected chi connectivity index (χ0v) is 22.4. The number of amides is 2. The van der Waals surface area contributed by atoms with E-state index in [4.69, 9.17) is 30.0 Å². The number of nitrogens with two attached hydrogens (primary N) is 2. The number of benzene rings is 2. The summed E-state index contributed by atoms with van der Waals surface area (Å²) < 4.78 is 33.7. The second kappa shape index (κ2) is 8.40. The summed E-state index contributed by atoms with van der Waals surface area (Å²) in [4.78, 5) is 34.3. The molecule has 6 N–H and O–H groups in total. The minimum atomic E-state index is -1.25. The number of hydrogen-bond acceptors (Lipinski definition) is 9. The van der Waals surface area contributed by atoms with Gasteiger partial charge >= 0.3 is 0 Å². The second-order valence-electron chi connectivity index (χ2n) is 11.7. The summed E-state index contributed by atoms with van der Waals surface area (Å²) in [6.07, 6.45) is 0.633. The van der Waals surface area contributed by atoms with E-state index in [1.807, 2.05) is 32.9 Å². The van der Waals surface area contributed by atoms with Crippen molar-refractivity contribution in [3.63, 3.8) is 0 Å². The van der Waals surface area contributed by atoms with Crippen molar-refractivity contribution in [1.29, 1.82) is 0 Å². The fourth-order valence-corrected chi connectivity index (χ4v) is 5.98. The van der Waals surface area contributed by atoms with Crippen LogP contribution < -0.4 is 26.8 Å². The van der Waals surface area contributed by atoms with Crippen LogP contribution >= 0.6 is 0 Å². The van der Waals surface area contributed by atoms with Crippen LogP contribution in [-0.2, 0) is 16.6 Å². The Hall–Kier alpha value is -4.71. The fourth-order valence-electron chi connectivity index (χ4n) is 5.98. The van der Waals surface area contributed by atoms with Crippen LogP contribution in [0.25, 0.3) is 11.6 Å². The molecular formula is C29H27FN6O5. The molecule has 0 saturated heterocycles. The number of fused-ring (bicyclic) bond motifs is 4. The van der Waals surface area contributed by atoms with E-state index in [-0.39, 0.29) is 41.3 Å². The van der Waals surface area contributed by atoms with Gasteiger partial charge in [-0.15, -0.1) is 0 Å². The van der Waals surface area contributed by atoms with Crippen molar-refractivity contribution in [2.24, 2.45) is 16.9 Å². The van der Waals surface area contributed by atoms with E-state index in [1.165, 1.54) is 12.1 Å². The zero-order valence-electron chi connectivity index (χ0n) is 22.4. The molecule has 4 aromatic rings. The SMILES string of the molecule is CC(C)(C)[C@@H]1NC(=O)[C@@H](N)Cc2ccc3c(c2)[C@@]2(c4cc(F)ccc4N[C@@H]2O3)c2oc1nc2-c1nc(C(N)=O)co1. The summed E-state index contributed by atoms with van der Waals surface area (Å²) in [5.41, 5.74) is 12.7. The number of carbonyl (C=O) groups excluding carboxylic acids is 2. The number of nitrogens with one attached hydrogen (secondary N) is 2. The van der Waals surface area contributed by atoms with Crippen molar-refractivity contribution in [1.82, 2.24) is 15.3 Å². The highest BCUT2D eigenvalue weighted by molar-refractivity contribution is 5.91. The molecule has 0 fully saturated rings. The first-order valence-electron chi connectivity index (χ1n) is 13.2. The molecule has 3 aliphatic heterocycles. The summed E-state index contributed by atoms with van der Waals surface area (Å²) in [5, 5.41) is 6.37. The topological polar surface area (TPSA) is 172 Å². The minimum absolute atomic E-state index is 0.0306. The first-order valence-corrected chi connectivity index (χ1v) is 13.2. The van der Waals surface area contributed by atoms with Crippen LogP contribution in [0.1, 0.15) is 65.6 Å². The summed E-state index contributed by atoms with van der Waals surface area (Å²) in [7, 11) is 0. The van der Waals surface area contributed by atoms with Crippen LogP contribution in [0.4, 0.5) is 10.1 Å². The van der Waals surface area contributed by atoms with Gasteiger partial charge in [0.05, 0.1) is 6.04 Å². The highest BCUT2D eigenvalue weighted by Gasteiger charge is 2.61. The van der Waals surface area contributed by atoms with Gasteiger partial charge in [0.1, 0.15) is 29.3 Å². The lowest BCUT2D eigenvalue weighted by Gasteiger charge is -2.31. The molecule has 2 aromatic carbocycles. The number of oxazole rings is 2. The normalized spacial score (nSPS) is 24.3. The maximum Gasteiger partial charge on any atom is 0.270 e. The second-order valence-corrected chi connectivity index (χ2v) is 11.7. The van der Waals surface area contributed by atoms with Gasteiger partial charge in [0.15, 0.2) is 23.4 Å². The van der Waals surface area contributed by atoms with Crippen molar-refractivity contribution in [3.8, 4) is 17.3 Å². The van der Waals surface area contributed by atoms with Gasteiger partial charge in [0, 0.05) is 16.8 Å². The predicted octanol–water partition coefficient (Wildman–Crippen LogP) is 3.13. The van der Waals surface area contributed by atoms with Crippen LogP contribution in [-0.4, -0.2) is 34.1 Å². The molecule has 0 unspecified atom stereocenters. The number of aromatic nitrogens is 2. The van der Waals surface area contributed by atoms with Crippen molar-refractivity contribution < 1.29 is 27.6 Å². The van der Waals surface area contributed by atoms with E-state index in [1.54, 1.807) is 12.1 Å². The molecule has 2 amide bonds. The molecule has 5 heterocycles. The summed E-state index contributed by atoms with van der Waals surface area (Å²) in [5.74, 6) is -0.698. The Labute approximate surface area is 233 Å². The van der Waals surface area contributed by atoms with E-state index in [0.717, 1.165) is 11.8 Å². The predicted molar refractivity (Wildman–Crippen MR) is 143 cm³/mol.